The number of nitrogens with zero attached hydrogens (tertiary/aromatic N) is 2. The van der Waals surface area contributed by atoms with Gasteiger partial charge in [0.1, 0.15) is 0 Å². The Hall–Kier alpha value is -0.970. The summed E-state index contributed by atoms with van der Waals surface area (Å²) in [5.74, 6) is 2.42. The first-order valence-electron chi connectivity index (χ1n) is 12.3. The molecule has 1 N–H and O–H groups in total. The highest BCUT2D eigenvalue weighted by Gasteiger charge is 2.57. The Labute approximate surface area is 182 Å². The fraction of sp³-hybridized carbons (Fsp3) is 0.808. The quantitative estimate of drug-likeness (QED) is 0.719. The molecule has 6 atom stereocenters. The second-order valence-corrected chi connectivity index (χ2v) is 11.5. The summed E-state index contributed by atoms with van der Waals surface area (Å²) in [6.07, 6.45) is 12.3. The van der Waals surface area contributed by atoms with Crippen LogP contribution >= 0.6 is 0 Å². The van der Waals surface area contributed by atoms with Gasteiger partial charge >= 0.3 is 0 Å². The number of carbonyl (C=O) groups excluding carboxylic acids is 1. The van der Waals surface area contributed by atoms with Crippen molar-refractivity contribution in [2.45, 2.75) is 64.9 Å². The number of Topliss-reactive ketones (excluding diaryl/α,β-unsaturated/α-hetero) is 1. The number of hydrogen-bond donors (Lipinski definition) is 1. The van der Waals surface area contributed by atoms with E-state index in [2.05, 4.69) is 42.8 Å². The molecule has 30 heavy (non-hydrogen) atoms. The summed E-state index contributed by atoms with van der Waals surface area (Å²) in [7, 11) is 2.17. The lowest BCUT2D eigenvalue weighted by atomic mass is 9.47. The Morgan fingerprint density at radius 3 is 2.53 bits per heavy atom. The molecule has 5 rings (SSSR count). The highest BCUT2D eigenvalue weighted by Crippen LogP contribution is 2.65. The highest BCUT2D eigenvalue weighted by molar-refractivity contribution is 5.98. The zero-order valence-electron chi connectivity index (χ0n) is 19.2. The Bertz CT molecular complexity index is 765. The van der Waals surface area contributed by atoms with Crippen molar-refractivity contribution in [2.75, 3.05) is 39.8 Å². The van der Waals surface area contributed by atoms with Gasteiger partial charge in [-0.2, -0.15) is 0 Å². The Morgan fingerprint density at radius 2 is 1.77 bits per heavy atom. The van der Waals surface area contributed by atoms with Crippen LogP contribution in [0.5, 0.6) is 0 Å². The van der Waals surface area contributed by atoms with E-state index < -0.39 is 0 Å². The van der Waals surface area contributed by atoms with Crippen molar-refractivity contribution in [3.63, 3.8) is 0 Å². The molecular weight excluding hydrogens is 372 g/mol. The van der Waals surface area contributed by atoms with Crippen LogP contribution in [0.25, 0.3) is 0 Å². The molecule has 0 bridgehead atoms. The van der Waals surface area contributed by atoms with Crippen molar-refractivity contribution in [1.82, 2.24) is 9.80 Å². The molecule has 2 saturated carbocycles. The van der Waals surface area contributed by atoms with E-state index in [0.29, 0.717) is 24.2 Å². The van der Waals surface area contributed by atoms with Gasteiger partial charge in [-0.1, -0.05) is 31.6 Å². The van der Waals surface area contributed by atoms with Gasteiger partial charge in [0.25, 0.3) is 0 Å². The number of allylic oxidation sites excluding steroid dienone is 2. The van der Waals surface area contributed by atoms with Crippen LogP contribution < -0.4 is 0 Å². The molecule has 5 aliphatic rings. The molecule has 3 fully saturated rings. The standard InChI is InChI=1S/C26H40N2O2/c1-25-10-8-19(29)16-18(25)4-5-20-21-6-7-23(26(21,2)11-9-22(20)25)24(30)17-28-14-12-27(3)13-15-28/h4,7,19-22,29H,5-6,8-17H2,1-3H3/t19-,20-,21-,22-,25-,26-/m0/s1. The van der Waals surface area contributed by atoms with Gasteiger partial charge < -0.3 is 10.0 Å². The highest BCUT2D eigenvalue weighted by atomic mass is 16.3. The largest absolute Gasteiger partial charge is 0.393 e. The van der Waals surface area contributed by atoms with Crippen LogP contribution in [-0.2, 0) is 4.79 Å². The third kappa shape index (κ3) is 3.25. The minimum absolute atomic E-state index is 0.0702. The van der Waals surface area contributed by atoms with E-state index in [1.807, 2.05) is 0 Å². The minimum Gasteiger partial charge on any atom is -0.393 e. The Morgan fingerprint density at radius 1 is 1.03 bits per heavy atom. The van der Waals surface area contributed by atoms with E-state index >= 15 is 0 Å². The fourth-order valence-electron chi connectivity index (χ4n) is 7.94. The summed E-state index contributed by atoms with van der Waals surface area (Å²) in [5, 5.41) is 10.2. The number of ketones is 1. The first kappa shape index (κ1) is 20.9. The van der Waals surface area contributed by atoms with Crippen LogP contribution in [0.1, 0.15) is 58.8 Å². The molecule has 0 spiro atoms. The average molecular weight is 413 g/mol. The van der Waals surface area contributed by atoms with Crippen molar-refractivity contribution in [3.05, 3.63) is 23.3 Å². The summed E-state index contributed by atoms with van der Waals surface area (Å²) < 4.78 is 0. The van der Waals surface area contributed by atoms with E-state index in [4.69, 9.17) is 0 Å². The zero-order chi connectivity index (χ0) is 21.1. The molecule has 1 aliphatic heterocycles. The van der Waals surface area contributed by atoms with Crippen molar-refractivity contribution in [2.24, 2.45) is 28.6 Å². The lowest BCUT2D eigenvalue weighted by Crippen LogP contribution is -2.51. The molecule has 1 heterocycles. The molecule has 0 aromatic carbocycles. The molecule has 0 unspecified atom stereocenters. The summed E-state index contributed by atoms with van der Waals surface area (Å²) in [6, 6.07) is 0. The van der Waals surface area contributed by atoms with Gasteiger partial charge in [-0.05, 0) is 86.2 Å². The maximum Gasteiger partial charge on any atom is 0.173 e. The van der Waals surface area contributed by atoms with E-state index in [1.54, 1.807) is 0 Å². The van der Waals surface area contributed by atoms with Gasteiger partial charge in [0.15, 0.2) is 5.78 Å². The third-order valence-electron chi connectivity index (χ3n) is 9.92. The molecule has 4 nitrogen and oxygen atoms in total. The van der Waals surface area contributed by atoms with Crippen molar-refractivity contribution < 1.29 is 9.90 Å². The Balaban J connectivity index is 1.32. The molecule has 0 aromatic heterocycles. The van der Waals surface area contributed by atoms with Gasteiger partial charge in [0.2, 0.25) is 0 Å². The summed E-state index contributed by atoms with van der Waals surface area (Å²) in [5.41, 5.74) is 3.03. The maximum atomic E-state index is 13.4. The Kier molecular flexibility index (Phi) is 5.27. The molecule has 0 aromatic rings. The molecule has 166 valence electrons. The van der Waals surface area contributed by atoms with E-state index in [1.165, 1.54) is 12.0 Å². The first-order chi connectivity index (χ1) is 14.3. The lowest BCUT2D eigenvalue weighted by Gasteiger charge is -2.57. The SMILES string of the molecule is CN1CCN(CC(=O)C2=CC[C@H]3[C@@H]4CC=C5C[C@@H](O)CC[C@]5(C)[C@H]4CC[C@]23C)CC1. The van der Waals surface area contributed by atoms with Crippen LogP contribution in [0.4, 0.5) is 0 Å². The monoisotopic (exact) mass is 412 g/mol. The van der Waals surface area contributed by atoms with Gasteiger partial charge in [-0.25, -0.2) is 0 Å². The number of rotatable bonds is 3. The fourth-order valence-corrected chi connectivity index (χ4v) is 7.94. The second-order valence-electron chi connectivity index (χ2n) is 11.5. The number of aliphatic hydroxyl groups excluding tert-OH is 1. The van der Waals surface area contributed by atoms with Gasteiger partial charge in [-0.15, -0.1) is 0 Å². The van der Waals surface area contributed by atoms with E-state index in [0.717, 1.165) is 76.2 Å². The molecule has 0 amide bonds. The molecule has 4 heteroatoms. The number of piperazine rings is 1. The predicted molar refractivity (Wildman–Crippen MR) is 120 cm³/mol. The van der Waals surface area contributed by atoms with Gasteiger partial charge in [-0.3, -0.25) is 9.69 Å². The topological polar surface area (TPSA) is 43.8 Å². The van der Waals surface area contributed by atoms with Crippen LogP contribution in [0.2, 0.25) is 0 Å². The number of likely N-dealkylation sites (N-methyl/N-ethyl adjacent to an activating group) is 1. The average Bonchev–Trinajstić information content (AvgIpc) is 3.07. The maximum absolute atomic E-state index is 13.4. The van der Waals surface area contributed by atoms with Gasteiger partial charge in [0, 0.05) is 26.2 Å². The zero-order valence-corrected chi connectivity index (χ0v) is 19.2. The third-order valence-corrected chi connectivity index (χ3v) is 9.92. The van der Waals surface area contributed by atoms with Crippen molar-refractivity contribution in [1.29, 1.82) is 0 Å². The number of hydrogen-bond acceptors (Lipinski definition) is 4. The second kappa shape index (κ2) is 7.56. The molecular formula is C26H40N2O2. The predicted octanol–water partition coefficient (Wildman–Crippen LogP) is 3.66. The van der Waals surface area contributed by atoms with Crippen LogP contribution in [0, 0.1) is 28.6 Å². The summed E-state index contributed by atoms with van der Waals surface area (Å²) >= 11 is 0. The van der Waals surface area contributed by atoms with Crippen molar-refractivity contribution in [3.8, 4) is 0 Å². The normalized spacial score (nSPS) is 44.5. The van der Waals surface area contributed by atoms with Crippen molar-refractivity contribution >= 4 is 5.78 Å². The number of carbonyl (C=O) groups is 1. The molecule has 4 aliphatic carbocycles. The van der Waals surface area contributed by atoms with Gasteiger partial charge in [0.05, 0.1) is 12.6 Å². The summed E-state index contributed by atoms with van der Waals surface area (Å²) in [6.45, 7) is 9.65. The smallest absolute Gasteiger partial charge is 0.173 e. The number of aliphatic hydroxyl groups is 1. The summed E-state index contributed by atoms with van der Waals surface area (Å²) in [4.78, 5) is 18.1. The number of fused-ring (bicyclic) bond motifs is 5. The molecule has 1 saturated heterocycles. The van der Waals surface area contributed by atoms with Crippen LogP contribution in [-0.4, -0.2) is 66.6 Å². The van der Waals surface area contributed by atoms with Crippen LogP contribution in [0.3, 0.4) is 0 Å². The minimum atomic E-state index is -0.137. The lowest BCUT2D eigenvalue weighted by molar-refractivity contribution is -0.119. The van der Waals surface area contributed by atoms with E-state index in [-0.39, 0.29) is 16.9 Å². The van der Waals surface area contributed by atoms with Crippen LogP contribution in [0.15, 0.2) is 23.3 Å². The first-order valence-corrected chi connectivity index (χ1v) is 12.3. The van der Waals surface area contributed by atoms with E-state index in [9.17, 15) is 9.90 Å². The molecule has 0 radical (unpaired) electrons.